The average Bonchev–Trinajstić information content (AvgIpc) is 3.15. The second-order valence-electron chi connectivity index (χ2n) is 12.1. The molecule has 11 nitrogen and oxygen atoms in total. The van der Waals surface area contributed by atoms with Crippen LogP contribution in [0.15, 0.2) is 60.9 Å². The molecule has 43 heavy (non-hydrogen) atoms. The predicted molar refractivity (Wildman–Crippen MR) is 150 cm³/mol. The fraction of sp³-hybridized carbons (Fsp3) is 0.469. The van der Waals surface area contributed by atoms with Crippen molar-refractivity contribution in [1.82, 2.24) is 4.98 Å². The standard InChI is InChI=1S/C32H35NO10/c1-19(34)40-18-31-22(41-23(35)13-12-20-9-6-5-7-10-20)14-15-30(4,39)32(31)26(37)24(29(2,3)43-32)25(36)27(31)42-28(38)21-11-8-16-33-17-21/h5-13,16-17,22,24,26-27,37,39H,14-15,18H2,1-4H3/b13-12+/t22-,24?,26-,27+,30+,31-,32?/m0/s1. The minimum Gasteiger partial charge on any atom is -0.465 e. The molecule has 1 aromatic carbocycles. The molecule has 7 atom stereocenters. The average molecular weight is 594 g/mol. The van der Waals surface area contributed by atoms with Crippen molar-refractivity contribution >= 4 is 29.8 Å². The number of Topliss-reactive ketones (excluding diaryl/α,β-unsaturated/α-hetero) is 1. The van der Waals surface area contributed by atoms with Crippen LogP contribution in [0.1, 0.15) is 56.5 Å². The largest absolute Gasteiger partial charge is 0.465 e. The number of aliphatic hydroxyl groups is 2. The molecule has 228 valence electrons. The number of ketones is 1. The Bertz CT molecular complexity index is 1440. The van der Waals surface area contributed by atoms with Crippen molar-refractivity contribution in [3.8, 4) is 0 Å². The molecule has 2 aliphatic carbocycles. The van der Waals surface area contributed by atoms with Crippen LogP contribution in [0.2, 0.25) is 0 Å². The molecule has 0 radical (unpaired) electrons. The Kier molecular flexibility index (Phi) is 7.78. The lowest BCUT2D eigenvalue weighted by Crippen LogP contribution is -2.82. The highest BCUT2D eigenvalue weighted by Crippen LogP contribution is 2.67. The summed E-state index contributed by atoms with van der Waals surface area (Å²) in [6.07, 6.45) is 0.729. The van der Waals surface area contributed by atoms with Gasteiger partial charge in [-0.1, -0.05) is 30.3 Å². The van der Waals surface area contributed by atoms with Crippen LogP contribution in [0.5, 0.6) is 0 Å². The summed E-state index contributed by atoms with van der Waals surface area (Å²) < 4.78 is 23.9. The van der Waals surface area contributed by atoms with Crippen LogP contribution in [0.3, 0.4) is 0 Å². The minimum atomic E-state index is -2.07. The van der Waals surface area contributed by atoms with E-state index in [1.807, 2.05) is 6.07 Å². The number of fused-ring (bicyclic) bond motifs is 1. The van der Waals surface area contributed by atoms with Crippen molar-refractivity contribution in [3.05, 3.63) is 72.1 Å². The molecule has 11 heteroatoms. The van der Waals surface area contributed by atoms with E-state index in [0.29, 0.717) is 0 Å². The van der Waals surface area contributed by atoms with Crippen molar-refractivity contribution < 1.29 is 48.3 Å². The van der Waals surface area contributed by atoms with Crippen LogP contribution >= 0.6 is 0 Å². The van der Waals surface area contributed by atoms with Crippen LogP contribution in [0.4, 0.5) is 0 Å². The topological polar surface area (TPSA) is 159 Å². The summed E-state index contributed by atoms with van der Waals surface area (Å²) in [4.78, 5) is 57.2. The number of carbonyl (C=O) groups is 4. The fourth-order valence-electron chi connectivity index (χ4n) is 7.22. The van der Waals surface area contributed by atoms with Gasteiger partial charge in [0.05, 0.1) is 28.8 Å². The van der Waals surface area contributed by atoms with E-state index in [4.69, 9.17) is 18.9 Å². The maximum absolute atomic E-state index is 14.3. The van der Waals surface area contributed by atoms with E-state index in [1.165, 1.54) is 37.5 Å². The molecule has 3 fully saturated rings. The third kappa shape index (κ3) is 4.85. The van der Waals surface area contributed by atoms with Crippen LogP contribution in [0, 0.1) is 11.3 Å². The minimum absolute atomic E-state index is 0.0213. The molecule has 2 aromatic rings. The molecule has 1 saturated heterocycles. The van der Waals surface area contributed by atoms with Gasteiger partial charge in [0.2, 0.25) is 0 Å². The number of hydrogen-bond donors (Lipinski definition) is 2. The van der Waals surface area contributed by atoms with Crippen LogP contribution < -0.4 is 0 Å². The van der Waals surface area contributed by atoms with E-state index in [-0.39, 0.29) is 18.4 Å². The number of carbonyl (C=O) groups excluding carboxylic acids is 4. The molecule has 1 aliphatic heterocycles. The number of hydrogen-bond acceptors (Lipinski definition) is 11. The monoisotopic (exact) mass is 593 g/mol. The van der Waals surface area contributed by atoms with Crippen molar-refractivity contribution in [1.29, 1.82) is 0 Å². The Morgan fingerprint density at radius 3 is 2.47 bits per heavy atom. The lowest BCUT2D eigenvalue weighted by Gasteiger charge is -2.63. The third-order valence-corrected chi connectivity index (χ3v) is 9.00. The van der Waals surface area contributed by atoms with Gasteiger partial charge in [0, 0.05) is 25.4 Å². The molecule has 3 aliphatic rings. The lowest BCUT2D eigenvalue weighted by molar-refractivity contribution is -0.334. The zero-order chi connectivity index (χ0) is 31.2. The van der Waals surface area contributed by atoms with Gasteiger partial charge < -0.3 is 29.2 Å². The van der Waals surface area contributed by atoms with Crippen molar-refractivity contribution in [2.75, 3.05) is 6.61 Å². The molecular formula is C32H35NO10. The Hall–Kier alpha value is -3.93. The fourth-order valence-corrected chi connectivity index (χ4v) is 7.22. The summed E-state index contributed by atoms with van der Waals surface area (Å²) in [5.41, 5.74) is -6.55. The first kappa shape index (κ1) is 30.5. The van der Waals surface area contributed by atoms with Crippen LogP contribution in [-0.4, -0.2) is 80.6 Å². The molecule has 2 saturated carbocycles. The molecule has 5 rings (SSSR count). The van der Waals surface area contributed by atoms with Gasteiger partial charge >= 0.3 is 17.9 Å². The summed E-state index contributed by atoms with van der Waals surface area (Å²) in [6, 6.07) is 12.0. The Balaban J connectivity index is 1.67. The number of pyridine rings is 1. The van der Waals surface area contributed by atoms with Crippen molar-refractivity contribution in [2.45, 2.75) is 75.7 Å². The molecule has 2 heterocycles. The van der Waals surface area contributed by atoms with E-state index in [9.17, 15) is 29.4 Å². The molecule has 2 N–H and O–H groups in total. The number of ether oxygens (including phenoxy) is 4. The quantitative estimate of drug-likeness (QED) is 0.276. The summed E-state index contributed by atoms with van der Waals surface area (Å²) in [5.74, 6) is -4.41. The summed E-state index contributed by atoms with van der Waals surface area (Å²) >= 11 is 0. The van der Waals surface area contributed by atoms with Crippen molar-refractivity contribution in [2.24, 2.45) is 11.3 Å². The van der Waals surface area contributed by atoms with Gasteiger partial charge in [-0.25, -0.2) is 9.59 Å². The first-order valence-electron chi connectivity index (χ1n) is 14.1. The van der Waals surface area contributed by atoms with E-state index in [1.54, 1.807) is 44.2 Å². The van der Waals surface area contributed by atoms with Crippen LogP contribution in [-0.2, 0) is 33.3 Å². The Morgan fingerprint density at radius 2 is 1.81 bits per heavy atom. The second kappa shape index (κ2) is 11.0. The number of benzene rings is 1. The van der Waals surface area contributed by atoms with Gasteiger partial charge in [-0.2, -0.15) is 0 Å². The first-order chi connectivity index (χ1) is 20.3. The maximum Gasteiger partial charge on any atom is 0.340 e. The highest BCUT2D eigenvalue weighted by molar-refractivity contribution is 5.96. The highest BCUT2D eigenvalue weighted by atomic mass is 16.6. The Labute approximate surface area is 248 Å². The molecular weight excluding hydrogens is 558 g/mol. The molecule has 0 amide bonds. The third-order valence-electron chi connectivity index (χ3n) is 9.00. The van der Waals surface area contributed by atoms with E-state index in [2.05, 4.69) is 4.98 Å². The molecule has 2 unspecified atom stereocenters. The zero-order valence-electron chi connectivity index (χ0n) is 24.4. The van der Waals surface area contributed by atoms with Gasteiger partial charge in [-0.3, -0.25) is 14.6 Å². The van der Waals surface area contributed by atoms with Gasteiger partial charge in [0.1, 0.15) is 23.7 Å². The van der Waals surface area contributed by atoms with E-state index in [0.717, 1.165) is 12.5 Å². The zero-order valence-corrected chi connectivity index (χ0v) is 24.4. The SMILES string of the molecule is CC(=O)OC[C@@]12[C@@H](OC(=O)/C=C/c3ccccc3)CC[C@@](C)(O)C13OC(C)(C)C(C(=O)[C@H]2OC(=O)c1cccnc1)[C@@H]3O. The summed E-state index contributed by atoms with van der Waals surface area (Å²) in [5, 5.41) is 23.9. The lowest BCUT2D eigenvalue weighted by atomic mass is 9.46. The number of aliphatic hydroxyl groups excluding tert-OH is 1. The molecule has 1 aromatic heterocycles. The van der Waals surface area contributed by atoms with E-state index < -0.39 is 76.7 Å². The van der Waals surface area contributed by atoms with Gasteiger partial charge in [0.15, 0.2) is 11.9 Å². The van der Waals surface area contributed by atoms with Gasteiger partial charge in [-0.05, 0) is 57.4 Å². The normalized spacial score (nSPS) is 34.3. The molecule has 1 spiro atoms. The van der Waals surface area contributed by atoms with Gasteiger partial charge in [0.25, 0.3) is 0 Å². The van der Waals surface area contributed by atoms with E-state index >= 15 is 0 Å². The smallest absolute Gasteiger partial charge is 0.340 e. The number of aromatic nitrogens is 1. The summed E-state index contributed by atoms with van der Waals surface area (Å²) in [6.45, 7) is 5.09. The summed E-state index contributed by atoms with van der Waals surface area (Å²) in [7, 11) is 0. The van der Waals surface area contributed by atoms with Crippen LogP contribution in [0.25, 0.3) is 6.08 Å². The maximum atomic E-state index is 14.3. The molecule has 2 bridgehead atoms. The first-order valence-corrected chi connectivity index (χ1v) is 14.1. The second-order valence-corrected chi connectivity index (χ2v) is 12.1. The number of rotatable bonds is 7. The predicted octanol–water partition coefficient (Wildman–Crippen LogP) is 2.43. The van der Waals surface area contributed by atoms with Crippen molar-refractivity contribution in [3.63, 3.8) is 0 Å². The number of nitrogens with zero attached hydrogens (tertiary/aromatic N) is 1. The van der Waals surface area contributed by atoms with Gasteiger partial charge in [-0.15, -0.1) is 0 Å². The number of esters is 3. The highest BCUT2D eigenvalue weighted by Gasteiger charge is 2.85. The Morgan fingerprint density at radius 1 is 1.09 bits per heavy atom.